The van der Waals surface area contributed by atoms with Crippen LogP contribution in [0.15, 0.2) is 28.9 Å². The van der Waals surface area contributed by atoms with Gasteiger partial charge in [0.2, 0.25) is 11.0 Å². The van der Waals surface area contributed by atoms with E-state index in [0.717, 1.165) is 16.9 Å². The number of ether oxygens (including phenoxy) is 1. The molecule has 26 heavy (non-hydrogen) atoms. The molecule has 3 rings (SSSR count). The van der Waals surface area contributed by atoms with Crippen molar-refractivity contribution in [3.63, 3.8) is 0 Å². The molecule has 0 saturated heterocycles. The molecule has 3 aromatic rings. The highest BCUT2D eigenvalue weighted by Crippen LogP contribution is 2.24. The Hall–Kier alpha value is -2.46. The first-order valence-corrected chi connectivity index (χ1v) is 9.67. The maximum absolute atomic E-state index is 11.9. The van der Waals surface area contributed by atoms with Gasteiger partial charge in [-0.1, -0.05) is 41.3 Å². The van der Waals surface area contributed by atoms with E-state index in [2.05, 4.69) is 25.7 Å². The molecule has 0 bridgehead atoms. The molecule has 0 atom stereocenters. The molecule has 0 spiro atoms. The van der Waals surface area contributed by atoms with Gasteiger partial charge >= 0.3 is 0 Å². The lowest BCUT2D eigenvalue weighted by molar-refractivity contribution is -0.113. The normalized spacial score (nSPS) is 10.7. The van der Waals surface area contributed by atoms with Gasteiger partial charge in [-0.25, -0.2) is 0 Å². The highest BCUT2D eigenvalue weighted by atomic mass is 32.2. The molecule has 136 valence electrons. The van der Waals surface area contributed by atoms with Gasteiger partial charge in [-0.05, 0) is 25.0 Å². The fourth-order valence-corrected chi connectivity index (χ4v) is 3.46. The van der Waals surface area contributed by atoms with E-state index in [1.807, 2.05) is 43.7 Å². The second kappa shape index (κ2) is 8.28. The van der Waals surface area contributed by atoms with Gasteiger partial charge in [-0.15, -0.1) is 20.4 Å². The minimum Gasteiger partial charge on any atom is -0.485 e. The molecule has 2 aromatic heterocycles. The Bertz CT molecular complexity index is 874. The fourth-order valence-electron chi connectivity index (χ4n) is 2.27. The molecule has 0 aliphatic heterocycles. The van der Waals surface area contributed by atoms with E-state index in [9.17, 15) is 4.79 Å². The summed E-state index contributed by atoms with van der Waals surface area (Å²) in [6.45, 7) is 4.33. The zero-order chi connectivity index (χ0) is 18.5. The molecule has 1 amide bonds. The van der Waals surface area contributed by atoms with Crippen molar-refractivity contribution in [1.29, 1.82) is 0 Å². The standard InChI is InChI=1S/C16H18N6O2S2/c1-10-5-4-6-11(2)14(10)24-7-12-19-21-16(22(12)3)25-8-13(23)18-15-20-17-9-26-15/h4-6,9H,7-8H2,1-3H3,(H,18,20,23). The molecular weight excluding hydrogens is 372 g/mol. The first-order valence-electron chi connectivity index (χ1n) is 7.80. The minimum absolute atomic E-state index is 0.164. The third kappa shape index (κ3) is 4.38. The van der Waals surface area contributed by atoms with Gasteiger partial charge in [-0.3, -0.25) is 10.1 Å². The van der Waals surface area contributed by atoms with E-state index in [1.54, 1.807) is 5.51 Å². The number of thioether (sulfide) groups is 1. The highest BCUT2D eigenvalue weighted by molar-refractivity contribution is 7.99. The van der Waals surface area contributed by atoms with Crippen LogP contribution in [0, 0.1) is 13.8 Å². The summed E-state index contributed by atoms with van der Waals surface area (Å²) in [5, 5.41) is 19.6. The predicted molar refractivity (Wildman–Crippen MR) is 101 cm³/mol. The van der Waals surface area contributed by atoms with E-state index in [0.29, 0.717) is 22.7 Å². The number of hydrogen-bond donors (Lipinski definition) is 1. The van der Waals surface area contributed by atoms with E-state index < -0.39 is 0 Å². The molecule has 0 radical (unpaired) electrons. The summed E-state index contributed by atoms with van der Waals surface area (Å²) in [6.07, 6.45) is 0. The number of amides is 1. The summed E-state index contributed by atoms with van der Waals surface area (Å²) < 4.78 is 7.75. The van der Waals surface area contributed by atoms with Crippen molar-refractivity contribution in [2.75, 3.05) is 11.1 Å². The quantitative estimate of drug-likeness (QED) is 0.620. The first-order chi connectivity index (χ1) is 12.5. The molecule has 1 aromatic carbocycles. The first kappa shape index (κ1) is 18.3. The van der Waals surface area contributed by atoms with Gasteiger partial charge in [-0.2, -0.15) is 0 Å². The van der Waals surface area contributed by atoms with Crippen LogP contribution in [0.4, 0.5) is 5.13 Å². The van der Waals surface area contributed by atoms with Crippen LogP contribution in [0.2, 0.25) is 0 Å². The van der Waals surface area contributed by atoms with Crippen molar-refractivity contribution in [3.8, 4) is 5.75 Å². The molecule has 1 N–H and O–H groups in total. The van der Waals surface area contributed by atoms with Crippen LogP contribution in [-0.4, -0.2) is 36.6 Å². The largest absolute Gasteiger partial charge is 0.485 e. The van der Waals surface area contributed by atoms with E-state index >= 15 is 0 Å². The summed E-state index contributed by atoms with van der Waals surface area (Å²) >= 11 is 2.58. The number of benzene rings is 1. The van der Waals surface area contributed by atoms with Gasteiger partial charge in [0, 0.05) is 7.05 Å². The molecule has 0 aliphatic carbocycles. The van der Waals surface area contributed by atoms with Crippen molar-refractivity contribution in [2.24, 2.45) is 7.05 Å². The number of aryl methyl sites for hydroxylation is 2. The Balaban J connectivity index is 1.56. The topological polar surface area (TPSA) is 94.8 Å². The molecule has 0 unspecified atom stereocenters. The minimum atomic E-state index is -0.164. The smallest absolute Gasteiger partial charge is 0.236 e. The Morgan fingerprint density at radius 2 is 2.04 bits per heavy atom. The lowest BCUT2D eigenvalue weighted by Gasteiger charge is -2.11. The number of carbonyl (C=O) groups is 1. The molecular formula is C16H18N6O2S2. The van der Waals surface area contributed by atoms with Crippen molar-refractivity contribution >= 4 is 34.1 Å². The van der Waals surface area contributed by atoms with Crippen LogP contribution < -0.4 is 10.1 Å². The number of para-hydroxylation sites is 1. The zero-order valence-electron chi connectivity index (χ0n) is 14.6. The highest BCUT2D eigenvalue weighted by Gasteiger charge is 2.13. The van der Waals surface area contributed by atoms with Crippen molar-refractivity contribution in [3.05, 3.63) is 40.7 Å². The molecule has 10 heteroatoms. The SMILES string of the molecule is Cc1cccc(C)c1OCc1nnc(SCC(=O)Nc2nncs2)n1C. The van der Waals surface area contributed by atoms with Gasteiger partial charge in [0.05, 0.1) is 5.75 Å². The average Bonchev–Trinajstić information content (AvgIpc) is 3.23. The summed E-state index contributed by atoms with van der Waals surface area (Å²) in [5.74, 6) is 1.60. The van der Waals surface area contributed by atoms with Gasteiger partial charge in [0.15, 0.2) is 11.0 Å². The average molecular weight is 390 g/mol. The molecule has 0 saturated carbocycles. The monoisotopic (exact) mass is 390 g/mol. The second-order valence-corrected chi connectivity index (χ2v) is 7.32. The molecule has 8 nitrogen and oxygen atoms in total. The summed E-state index contributed by atoms with van der Waals surface area (Å²) in [5.41, 5.74) is 3.72. The Kier molecular flexibility index (Phi) is 5.84. The number of rotatable bonds is 7. The Morgan fingerprint density at radius 1 is 1.27 bits per heavy atom. The Labute approximate surface area is 159 Å². The summed E-state index contributed by atoms with van der Waals surface area (Å²) in [4.78, 5) is 11.9. The van der Waals surface area contributed by atoms with Crippen LogP contribution in [0.25, 0.3) is 0 Å². The number of nitrogens with zero attached hydrogens (tertiary/aromatic N) is 5. The molecule has 2 heterocycles. The second-order valence-electron chi connectivity index (χ2n) is 5.55. The third-order valence-corrected chi connectivity index (χ3v) is 5.25. The number of anilines is 1. The fraction of sp³-hybridized carbons (Fsp3) is 0.312. The maximum Gasteiger partial charge on any atom is 0.236 e. The van der Waals surface area contributed by atoms with E-state index in [4.69, 9.17) is 4.74 Å². The lowest BCUT2D eigenvalue weighted by atomic mass is 10.1. The number of nitrogens with one attached hydrogen (secondary N) is 1. The van der Waals surface area contributed by atoms with Crippen molar-refractivity contribution in [2.45, 2.75) is 25.6 Å². The molecule has 0 aliphatic rings. The van der Waals surface area contributed by atoms with Gasteiger partial charge in [0.25, 0.3) is 0 Å². The van der Waals surface area contributed by atoms with Crippen LogP contribution in [-0.2, 0) is 18.4 Å². The lowest BCUT2D eigenvalue weighted by Crippen LogP contribution is -2.14. The summed E-state index contributed by atoms with van der Waals surface area (Å²) in [6, 6.07) is 6.02. The molecule has 0 fully saturated rings. The van der Waals surface area contributed by atoms with Crippen LogP contribution >= 0.6 is 23.1 Å². The maximum atomic E-state index is 11.9. The van der Waals surface area contributed by atoms with Crippen molar-refractivity contribution < 1.29 is 9.53 Å². The third-order valence-electron chi connectivity index (χ3n) is 3.62. The number of hydrogen-bond acceptors (Lipinski definition) is 8. The number of aromatic nitrogens is 5. The predicted octanol–water partition coefficient (Wildman–Crippen LogP) is 2.59. The van der Waals surface area contributed by atoms with Crippen LogP contribution in [0.1, 0.15) is 17.0 Å². The van der Waals surface area contributed by atoms with Crippen LogP contribution in [0.3, 0.4) is 0 Å². The Morgan fingerprint density at radius 3 is 2.73 bits per heavy atom. The van der Waals surface area contributed by atoms with Gasteiger partial charge in [0.1, 0.15) is 17.9 Å². The summed E-state index contributed by atoms with van der Waals surface area (Å²) in [7, 11) is 1.86. The van der Waals surface area contributed by atoms with E-state index in [-0.39, 0.29) is 11.7 Å². The number of carbonyl (C=O) groups excluding carboxylic acids is 1. The van der Waals surface area contributed by atoms with Gasteiger partial charge < -0.3 is 9.30 Å². The van der Waals surface area contributed by atoms with Crippen LogP contribution in [0.5, 0.6) is 5.75 Å². The van der Waals surface area contributed by atoms with Crippen molar-refractivity contribution in [1.82, 2.24) is 25.0 Å². The zero-order valence-corrected chi connectivity index (χ0v) is 16.2. The van der Waals surface area contributed by atoms with E-state index in [1.165, 1.54) is 23.1 Å².